The molecule has 2 amide bonds. The summed E-state index contributed by atoms with van der Waals surface area (Å²) in [5.74, 6) is 0. The molecule has 2 N–H and O–H groups in total. The first kappa shape index (κ1) is 13.7. The number of amides is 2. The molecule has 1 atom stereocenters. The van der Waals surface area contributed by atoms with Gasteiger partial charge in [0, 0.05) is 24.1 Å². The monoisotopic (exact) mass is 328 g/mol. The zero-order valence-electron chi connectivity index (χ0n) is 9.99. The van der Waals surface area contributed by atoms with Crippen molar-refractivity contribution in [2.45, 2.75) is 6.04 Å². The minimum absolute atomic E-state index is 0.143. The summed E-state index contributed by atoms with van der Waals surface area (Å²) in [5, 5.41) is 18.3. The van der Waals surface area contributed by atoms with Crippen LogP contribution in [-0.4, -0.2) is 51.8 Å². The third-order valence-electron chi connectivity index (χ3n) is 3.16. The lowest BCUT2D eigenvalue weighted by molar-refractivity contribution is 0.0633. The van der Waals surface area contributed by atoms with Crippen LogP contribution in [0.1, 0.15) is 11.6 Å². The maximum absolute atomic E-state index is 11.3. The van der Waals surface area contributed by atoms with E-state index in [1.54, 1.807) is 12.1 Å². The van der Waals surface area contributed by atoms with Crippen molar-refractivity contribution in [2.75, 3.05) is 19.6 Å². The molecule has 1 saturated heterocycles. The molecule has 0 radical (unpaired) electrons. The van der Waals surface area contributed by atoms with E-state index in [1.807, 2.05) is 12.1 Å². The average Bonchev–Trinajstić information content (AvgIpc) is 2.38. The summed E-state index contributed by atoms with van der Waals surface area (Å²) < 4.78 is 0.776. The van der Waals surface area contributed by atoms with Gasteiger partial charge in [0.2, 0.25) is 0 Å². The third kappa shape index (κ3) is 2.81. The van der Waals surface area contributed by atoms with Gasteiger partial charge in [0.05, 0.1) is 6.04 Å². The molecule has 6 nitrogen and oxygen atoms in total. The number of hydrogen-bond donors (Lipinski definition) is 2. The molecule has 1 aliphatic rings. The van der Waals surface area contributed by atoms with Crippen LogP contribution in [0.5, 0.6) is 0 Å². The summed E-state index contributed by atoms with van der Waals surface area (Å²) in [6.07, 6.45) is -2.06. The van der Waals surface area contributed by atoms with Crippen LogP contribution < -0.4 is 0 Å². The fraction of sp³-hybridized carbons (Fsp3) is 0.333. The van der Waals surface area contributed by atoms with Crippen LogP contribution in [0, 0.1) is 0 Å². The van der Waals surface area contributed by atoms with Gasteiger partial charge in [-0.3, -0.25) is 4.90 Å². The first-order valence-corrected chi connectivity index (χ1v) is 6.52. The molecular weight excluding hydrogens is 316 g/mol. The molecule has 0 saturated carbocycles. The van der Waals surface area contributed by atoms with Crippen molar-refractivity contribution in [1.29, 1.82) is 0 Å². The maximum Gasteiger partial charge on any atom is 0.407 e. The minimum Gasteiger partial charge on any atom is -0.465 e. The lowest BCUT2D eigenvalue weighted by Crippen LogP contribution is -2.51. The maximum atomic E-state index is 11.3. The van der Waals surface area contributed by atoms with Gasteiger partial charge in [-0.2, -0.15) is 0 Å². The molecule has 102 valence electrons. The number of benzene rings is 1. The second kappa shape index (κ2) is 5.48. The first-order valence-electron chi connectivity index (χ1n) is 5.72. The van der Waals surface area contributed by atoms with E-state index in [9.17, 15) is 14.7 Å². The highest BCUT2D eigenvalue weighted by Crippen LogP contribution is 2.30. The van der Waals surface area contributed by atoms with E-state index in [0.717, 1.165) is 10.0 Å². The van der Waals surface area contributed by atoms with Gasteiger partial charge in [-0.05, 0) is 11.6 Å². The van der Waals surface area contributed by atoms with E-state index < -0.39 is 18.2 Å². The predicted octanol–water partition coefficient (Wildman–Crippen LogP) is 2.46. The Balaban J connectivity index is 2.33. The van der Waals surface area contributed by atoms with Crippen LogP contribution in [0.25, 0.3) is 0 Å². The van der Waals surface area contributed by atoms with Gasteiger partial charge in [-0.25, -0.2) is 9.59 Å². The number of hydrogen-bond acceptors (Lipinski definition) is 2. The molecule has 1 aromatic carbocycles. The van der Waals surface area contributed by atoms with Crippen molar-refractivity contribution in [3.05, 3.63) is 34.3 Å². The smallest absolute Gasteiger partial charge is 0.407 e. The van der Waals surface area contributed by atoms with E-state index in [4.69, 9.17) is 5.11 Å². The largest absolute Gasteiger partial charge is 0.465 e. The highest BCUT2D eigenvalue weighted by molar-refractivity contribution is 9.10. The van der Waals surface area contributed by atoms with Crippen LogP contribution in [0.2, 0.25) is 0 Å². The van der Waals surface area contributed by atoms with E-state index in [2.05, 4.69) is 15.9 Å². The van der Waals surface area contributed by atoms with E-state index in [-0.39, 0.29) is 19.6 Å². The Kier molecular flexibility index (Phi) is 3.94. The van der Waals surface area contributed by atoms with Gasteiger partial charge >= 0.3 is 12.2 Å². The quantitative estimate of drug-likeness (QED) is 0.829. The molecule has 7 heteroatoms. The molecule has 1 heterocycles. The second-order valence-electron chi connectivity index (χ2n) is 4.24. The van der Waals surface area contributed by atoms with Crippen molar-refractivity contribution >= 4 is 28.1 Å². The summed E-state index contributed by atoms with van der Waals surface area (Å²) in [6, 6.07) is 6.76. The summed E-state index contributed by atoms with van der Waals surface area (Å²) in [4.78, 5) is 24.8. The average molecular weight is 329 g/mol. The molecule has 0 spiro atoms. The molecule has 1 unspecified atom stereocenters. The summed E-state index contributed by atoms with van der Waals surface area (Å²) >= 11 is 3.38. The van der Waals surface area contributed by atoms with Crippen LogP contribution in [0.3, 0.4) is 0 Å². The topological polar surface area (TPSA) is 81.1 Å². The van der Waals surface area contributed by atoms with Gasteiger partial charge in [0.25, 0.3) is 0 Å². The van der Waals surface area contributed by atoms with Crippen molar-refractivity contribution in [3.8, 4) is 0 Å². The van der Waals surface area contributed by atoms with E-state index >= 15 is 0 Å². The Morgan fingerprint density at radius 1 is 1.16 bits per heavy atom. The number of piperazine rings is 1. The Bertz CT molecular complexity index is 508. The van der Waals surface area contributed by atoms with Crippen molar-refractivity contribution < 1.29 is 19.8 Å². The van der Waals surface area contributed by atoms with Crippen LogP contribution in [-0.2, 0) is 0 Å². The fourth-order valence-electron chi connectivity index (χ4n) is 2.20. The lowest BCUT2D eigenvalue weighted by Gasteiger charge is -2.39. The molecule has 0 aliphatic carbocycles. The zero-order valence-corrected chi connectivity index (χ0v) is 11.6. The van der Waals surface area contributed by atoms with Crippen LogP contribution in [0.4, 0.5) is 9.59 Å². The molecule has 0 aromatic heterocycles. The molecular formula is C12H13BrN2O4. The molecule has 1 aliphatic heterocycles. The second-order valence-corrected chi connectivity index (χ2v) is 5.10. The number of carbonyl (C=O) groups is 2. The van der Waals surface area contributed by atoms with Crippen LogP contribution >= 0.6 is 15.9 Å². The van der Waals surface area contributed by atoms with Gasteiger partial charge in [-0.1, -0.05) is 34.1 Å². The van der Waals surface area contributed by atoms with E-state index in [0.29, 0.717) is 0 Å². The zero-order chi connectivity index (χ0) is 14.0. The third-order valence-corrected chi connectivity index (χ3v) is 3.88. The first-order chi connectivity index (χ1) is 9.00. The Morgan fingerprint density at radius 2 is 1.84 bits per heavy atom. The van der Waals surface area contributed by atoms with Crippen molar-refractivity contribution in [3.63, 3.8) is 0 Å². The highest BCUT2D eigenvalue weighted by Gasteiger charge is 2.34. The molecule has 1 aromatic rings. The summed E-state index contributed by atoms with van der Waals surface area (Å²) in [5.41, 5.74) is 0.774. The predicted molar refractivity (Wildman–Crippen MR) is 71.2 cm³/mol. The van der Waals surface area contributed by atoms with Crippen molar-refractivity contribution in [1.82, 2.24) is 9.80 Å². The normalized spacial score (nSPS) is 19.3. The highest BCUT2D eigenvalue weighted by atomic mass is 79.9. The number of halogens is 1. The van der Waals surface area contributed by atoms with Gasteiger partial charge in [-0.15, -0.1) is 0 Å². The summed E-state index contributed by atoms with van der Waals surface area (Å²) in [6.45, 7) is 0.514. The summed E-state index contributed by atoms with van der Waals surface area (Å²) in [7, 11) is 0. The molecule has 1 fully saturated rings. The SMILES string of the molecule is O=C(O)N1CCN(C(=O)O)C(c2ccccc2Br)C1. The lowest BCUT2D eigenvalue weighted by atomic mass is 10.0. The molecule has 2 rings (SSSR count). The Morgan fingerprint density at radius 3 is 2.42 bits per heavy atom. The van der Waals surface area contributed by atoms with Gasteiger partial charge in [0.1, 0.15) is 0 Å². The molecule has 19 heavy (non-hydrogen) atoms. The Hall–Kier alpha value is -1.76. The van der Waals surface area contributed by atoms with E-state index in [1.165, 1.54) is 9.80 Å². The minimum atomic E-state index is -1.04. The number of nitrogens with zero attached hydrogens (tertiary/aromatic N) is 2. The van der Waals surface area contributed by atoms with Gasteiger partial charge in [0.15, 0.2) is 0 Å². The Labute approximate surface area is 118 Å². The van der Waals surface area contributed by atoms with Crippen LogP contribution in [0.15, 0.2) is 28.7 Å². The number of carboxylic acid groups (broad SMARTS) is 2. The van der Waals surface area contributed by atoms with Gasteiger partial charge < -0.3 is 15.1 Å². The van der Waals surface area contributed by atoms with Crippen molar-refractivity contribution in [2.24, 2.45) is 0 Å². The molecule has 0 bridgehead atoms. The standard InChI is InChI=1S/C12H13BrN2O4/c13-9-4-2-1-3-8(9)10-7-14(11(16)17)5-6-15(10)12(18)19/h1-4,10H,5-7H2,(H,16,17)(H,18,19). The fourth-order valence-corrected chi connectivity index (χ4v) is 2.75. The number of rotatable bonds is 1.